The number of aromatic nitrogens is 2. The Balaban J connectivity index is 2.28. The summed E-state index contributed by atoms with van der Waals surface area (Å²) in [5, 5.41) is 0. The number of rotatable bonds is 3. The quantitative estimate of drug-likeness (QED) is 0.599. The molecule has 0 unspecified atom stereocenters. The van der Waals surface area contributed by atoms with Gasteiger partial charge < -0.3 is 4.57 Å². The molecule has 0 N–H and O–H groups in total. The molecule has 0 bridgehead atoms. The first-order valence-corrected chi connectivity index (χ1v) is 4.86. The minimum absolute atomic E-state index is 0.00464. The van der Waals surface area contributed by atoms with Crippen LogP contribution >= 0.6 is 0 Å². The number of benzene rings is 1. The SMILES string of the molecule is [C-]#[N+]c1ccc(Cn2cncc2C=O)cc1F. The minimum atomic E-state index is -0.551. The van der Waals surface area contributed by atoms with E-state index in [4.69, 9.17) is 6.57 Å². The largest absolute Gasteiger partial charge is 0.324 e. The fraction of sp³-hybridized carbons (Fsp3) is 0.0833. The van der Waals surface area contributed by atoms with Gasteiger partial charge in [0, 0.05) is 6.54 Å². The first kappa shape index (κ1) is 11.0. The second kappa shape index (κ2) is 4.58. The smallest absolute Gasteiger partial charge is 0.222 e. The summed E-state index contributed by atoms with van der Waals surface area (Å²) >= 11 is 0. The summed E-state index contributed by atoms with van der Waals surface area (Å²) in [5.74, 6) is -0.551. The van der Waals surface area contributed by atoms with E-state index in [2.05, 4.69) is 9.83 Å². The fourth-order valence-corrected chi connectivity index (χ4v) is 1.50. The van der Waals surface area contributed by atoms with Crippen molar-refractivity contribution in [3.8, 4) is 0 Å². The molecule has 4 nitrogen and oxygen atoms in total. The number of hydrogen-bond acceptors (Lipinski definition) is 2. The zero-order chi connectivity index (χ0) is 12.3. The van der Waals surface area contributed by atoms with E-state index in [1.807, 2.05) is 0 Å². The van der Waals surface area contributed by atoms with Crippen molar-refractivity contribution in [2.75, 3.05) is 0 Å². The third kappa shape index (κ3) is 2.21. The summed E-state index contributed by atoms with van der Waals surface area (Å²) in [6, 6.07) is 4.38. The van der Waals surface area contributed by atoms with Gasteiger partial charge in [0.25, 0.3) is 0 Å². The molecule has 1 heterocycles. The second-order valence-corrected chi connectivity index (χ2v) is 3.46. The van der Waals surface area contributed by atoms with Gasteiger partial charge in [0.2, 0.25) is 5.69 Å². The lowest BCUT2D eigenvalue weighted by Crippen LogP contribution is -2.02. The van der Waals surface area contributed by atoms with E-state index in [1.54, 1.807) is 10.6 Å². The van der Waals surface area contributed by atoms with Gasteiger partial charge >= 0.3 is 0 Å². The molecule has 84 valence electrons. The van der Waals surface area contributed by atoms with Crippen molar-refractivity contribution in [1.29, 1.82) is 0 Å². The highest BCUT2D eigenvalue weighted by Crippen LogP contribution is 2.19. The Bertz CT molecular complexity index is 598. The summed E-state index contributed by atoms with van der Waals surface area (Å²) in [7, 11) is 0. The zero-order valence-corrected chi connectivity index (χ0v) is 8.80. The summed E-state index contributed by atoms with van der Waals surface area (Å²) in [6.07, 6.45) is 3.64. The summed E-state index contributed by atoms with van der Waals surface area (Å²) in [4.78, 5) is 17.5. The Morgan fingerprint density at radius 1 is 1.53 bits per heavy atom. The lowest BCUT2D eigenvalue weighted by molar-refractivity contribution is 0.111. The zero-order valence-electron chi connectivity index (χ0n) is 8.80. The first-order valence-electron chi connectivity index (χ1n) is 4.86. The number of imidazole rings is 1. The van der Waals surface area contributed by atoms with E-state index in [9.17, 15) is 9.18 Å². The van der Waals surface area contributed by atoms with Crippen molar-refractivity contribution in [3.05, 3.63) is 59.2 Å². The number of hydrogen-bond donors (Lipinski definition) is 0. The van der Waals surface area contributed by atoms with Crippen LogP contribution in [0.1, 0.15) is 16.1 Å². The Morgan fingerprint density at radius 2 is 2.35 bits per heavy atom. The molecule has 0 atom stereocenters. The molecule has 2 rings (SSSR count). The molecule has 17 heavy (non-hydrogen) atoms. The molecule has 0 amide bonds. The molecule has 1 aromatic carbocycles. The van der Waals surface area contributed by atoms with Gasteiger partial charge in [-0.25, -0.2) is 14.2 Å². The predicted molar refractivity (Wildman–Crippen MR) is 59.4 cm³/mol. The third-order valence-electron chi connectivity index (χ3n) is 2.35. The van der Waals surface area contributed by atoms with Gasteiger partial charge in [0.05, 0.1) is 19.1 Å². The van der Waals surface area contributed by atoms with Gasteiger partial charge in [0.15, 0.2) is 6.29 Å². The van der Waals surface area contributed by atoms with Crippen molar-refractivity contribution in [2.45, 2.75) is 6.54 Å². The van der Waals surface area contributed by atoms with Gasteiger partial charge in [0.1, 0.15) is 11.5 Å². The van der Waals surface area contributed by atoms with Gasteiger partial charge in [-0.1, -0.05) is 12.1 Å². The minimum Gasteiger partial charge on any atom is -0.324 e. The summed E-state index contributed by atoms with van der Waals surface area (Å²) in [5.41, 5.74) is 1.10. The van der Waals surface area contributed by atoms with Crippen LogP contribution in [-0.4, -0.2) is 15.8 Å². The van der Waals surface area contributed by atoms with E-state index >= 15 is 0 Å². The Morgan fingerprint density at radius 3 is 3.00 bits per heavy atom. The number of aldehydes is 1. The van der Waals surface area contributed by atoms with Gasteiger partial charge in [-0.05, 0) is 11.6 Å². The molecule has 0 saturated heterocycles. The van der Waals surface area contributed by atoms with Crippen LogP contribution < -0.4 is 0 Å². The van der Waals surface area contributed by atoms with E-state index < -0.39 is 5.82 Å². The van der Waals surface area contributed by atoms with E-state index in [-0.39, 0.29) is 5.69 Å². The Kier molecular flexibility index (Phi) is 2.97. The number of nitrogens with zero attached hydrogens (tertiary/aromatic N) is 3. The van der Waals surface area contributed by atoms with Gasteiger partial charge in [-0.3, -0.25) is 4.79 Å². The van der Waals surface area contributed by atoms with Gasteiger partial charge in [-0.2, -0.15) is 0 Å². The van der Waals surface area contributed by atoms with Gasteiger partial charge in [-0.15, -0.1) is 0 Å². The molecule has 0 fully saturated rings. The topological polar surface area (TPSA) is 39.2 Å². The van der Waals surface area contributed by atoms with Crippen molar-refractivity contribution >= 4 is 12.0 Å². The standard InChI is InChI=1S/C12H8FN3O/c1-14-12-3-2-9(4-11(12)13)6-16-8-15-5-10(16)7-17/h2-5,7-8H,6H2. The van der Waals surface area contributed by atoms with Crippen LogP contribution in [0.2, 0.25) is 0 Å². The molecule has 0 radical (unpaired) electrons. The number of carbonyl (C=O) groups is 1. The predicted octanol–water partition coefficient (Wildman–Crippen LogP) is 2.43. The second-order valence-electron chi connectivity index (χ2n) is 3.46. The molecule has 0 aliphatic rings. The van der Waals surface area contributed by atoms with Crippen LogP contribution in [0.4, 0.5) is 10.1 Å². The van der Waals surface area contributed by atoms with Crippen LogP contribution in [0.5, 0.6) is 0 Å². The maximum atomic E-state index is 13.4. The molecular formula is C12H8FN3O. The average molecular weight is 229 g/mol. The lowest BCUT2D eigenvalue weighted by atomic mass is 10.2. The molecular weight excluding hydrogens is 221 g/mol. The van der Waals surface area contributed by atoms with Crippen LogP contribution in [0.15, 0.2) is 30.7 Å². The number of carbonyl (C=O) groups excluding carboxylic acids is 1. The monoisotopic (exact) mass is 229 g/mol. The Labute approximate surface area is 97.2 Å². The summed E-state index contributed by atoms with van der Waals surface area (Å²) in [6.45, 7) is 7.09. The van der Waals surface area contributed by atoms with E-state index in [0.29, 0.717) is 24.1 Å². The van der Waals surface area contributed by atoms with Crippen molar-refractivity contribution < 1.29 is 9.18 Å². The molecule has 0 aliphatic carbocycles. The highest BCUT2D eigenvalue weighted by molar-refractivity contribution is 5.71. The molecule has 5 heteroatoms. The molecule has 2 aromatic rings. The third-order valence-corrected chi connectivity index (χ3v) is 2.35. The maximum absolute atomic E-state index is 13.4. The highest BCUT2D eigenvalue weighted by atomic mass is 19.1. The van der Waals surface area contributed by atoms with E-state index in [1.165, 1.54) is 24.7 Å². The van der Waals surface area contributed by atoms with Crippen LogP contribution in [-0.2, 0) is 6.54 Å². The van der Waals surface area contributed by atoms with Crippen LogP contribution in [0, 0.1) is 12.4 Å². The normalized spacial score (nSPS) is 9.88. The van der Waals surface area contributed by atoms with Crippen molar-refractivity contribution in [3.63, 3.8) is 0 Å². The molecule has 1 aromatic heterocycles. The summed E-state index contributed by atoms with van der Waals surface area (Å²) < 4.78 is 15.0. The molecule has 0 spiro atoms. The van der Waals surface area contributed by atoms with Crippen LogP contribution in [0.25, 0.3) is 4.85 Å². The lowest BCUT2D eigenvalue weighted by Gasteiger charge is -2.05. The van der Waals surface area contributed by atoms with Crippen LogP contribution in [0.3, 0.4) is 0 Å². The average Bonchev–Trinajstić information content (AvgIpc) is 2.76. The van der Waals surface area contributed by atoms with Crippen molar-refractivity contribution in [2.24, 2.45) is 0 Å². The fourth-order valence-electron chi connectivity index (χ4n) is 1.50. The first-order chi connectivity index (χ1) is 8.24. The molecule has 0 aliphatic heterocycles. The highest BCUT2D eigenvalue weighted by Gasteiger charge is 2.05. The van der Waals surface area contributed by atoms with Crippen molar-refractivity contribution in [1.82, 2.24) is 9.55 Å². The maximum Gasteiger partial charge on any atom is 0.222 e. The molecule has 0 saturated carbocycles. The van der Waals surface area contributed by atoms with E-state index in [0.717, 1.165) is 0 Å². The Hall–Kier alpha value is -2.48. The number of halogens is 1.